The van der Waals surface area contributed by atoms with Gasteiger partial charge in [-0.3, -0.25) is 0 Å². The Morgan fingerprint density at radius 3 is 2.11 bits per heavy atom. The summed E-state index contributed by atoms with van der Waals surface area (Å²) < 4.78 is 0. The number of hydrogen-bond donors (Lipinski definition) is 2. The van der Waals surface area contributed by atoms with E-state index in [1.807, 2.05) is 24.3 Å². The molecule has 9 heavy (non-hydrogen) atoms. The summed E-state index contributed by atoms with van der Waals surface area (Å²) in [5.41, 5.74) is 6.18. The van der Waals surface area contributed by atoms with Gasteiger partial charge < -0.3 is 5.73 Å². The van der Waals surface area contributed by atoms with Gasteiger partial charge in [0, 0.05) is 10.6 Å². The van der Waals surface area contributed by atoms with Crippen molar-refractivity contribution in [3.8, 4) is 0 Å². The van der Waals surface area contributed by atoms with Gasteiger partial charge in [-0.15, -0.1) is 12.6 Å². The summed E-state index contributed by atoms with van der Waals surface area (Å²) in [5, 5.41) is 0. The molecule has 0 unspecified atom stereocenters. The van der Waals surface area contributed by atoms with Gasteiger partial charge in [-0.2, -0.15) is 0 Å². The second kappa shape index (κ2) is 4.23. The first-order valence-electron chi connectivity index (χ1n) is 2.34. The zero-order valence-electron chi connectivity index (χ0n) is 5.33. The molecule has 1 nitrogen and oxygen atoms in total. The van der Waals surface area contributed by atoms with E-state index in [0.29, 0.717) is 0 Å². The quantitative estimate of drug-likeness (QED) is 0.263. The number of nitrogens with two attached hydrogens (primary N) is 1. The van der Waals surface area contributed by atoms with Gasteiger partial charge in [0.2, 0.25) is 0 Å². The van der Waals surface area contributed by atoms with Crippen LogP contribution in [0.2, 0.25) is 0 Å². The Bertz CT molecular complexity index is 169. The SMILES string of the molecule is Nc1ccccc1S.[Na+]. The Hall–Kier alpha value is 0.370. The van der Waals surface area contributed by atoms with E-state index in [1.54, 1.807) is 0 Å². The van der Waals surface area contributed by atoms with E-state index in [-0.39, 0.29) is 29.6 Å². The van der Waals surface area contributed by atoms with Crippen LogP contribution in [-0.4, -0.2) is 0 Å². The van der Waals surface area contributed by atoms with E-state index >= 15 is 0 Å². The molecule has 1 aromatic rings. The van der Waals surface area contributed by atoms with Crippen molar-refractivity contribution in [3.05, 3.63) is 24.3 Å². The molecule has 0 bridgehead atoms. The Morgan fingerprint density at radius 1 is 1.22 bits per heavy atom. The fourth-order valence-corrected chi connectivity index (χ4v) is 0.648. The molecule has 42 valence electrons. The fourth-order valence-electron chi connectivity index (χ4n) is 0.488. The van der Waals surface area contributed by atoms with Crippen LogP contribution in [0.1, 0.15) is 0 Å². The van der Waals surface area contributed by atoms with Gasteiger partial charge in [0.25, 0.3) is 0 Å². The maximum atomic E-state index is 5.44. The molecule has 2 N–H and O–H groups in total. The Balaban J connectivity index is 0.000000640. The summed E-state index contributed by atoms with van der Waals surface area (Å²) >= 11 is 4.07. The zero-order chi connectivity index (χ0) is 5.98. The van der Waals surface area contributed by atoms with Crippen molar-refractivity contribution in [3.63, 3.8) is 0 Å². The van der Waals surface area contributed by atoms with Crippen molar-refractivity contribution in [2.45, 2.75) is 4.90 Å². The number of rotatable bonds is 0. The van der Waals surface area contributed by atoms with Crippen LogP contribution in [0, 0.1) is 0 Å². The molecule has 0 aliphatic carbocycles. The zero-order valence-corrected chi connectivity index (χ0v) is 8.23. The summed E-state index contributed by atoms with van der Waals surface area (Å²) in [6.45, 7) is 0. The molecule has 0 radical (unpaired) electrons. The van der Waals surface area contributed by atoms with Gasteiger partial charge in [-0.25, -0.2) is 0 Å². The monoisotopic (exact) mass is 148 g/mol. The number of benzene rings is 1. The maximum absolute atomic E-state index is 5.44. The third-order valence-electron chi connectivity index (χ3n) is 0.937. The van der Waals surface area contributed by atoms with Crippen LogP contribution in [0.25, 0.3) is 0 Å². The molecular formula is C6H7NNaS+. The van der Waals surface area contributed by atoms with E-state index in [0.717, 1.165) is 10.6 Å². The van der Waals surface area contributed by atoms with Crippen molar-refractivity contribution in [2.24, 2.45) is 0 Å². The molecule has 0 amide bonds. The van der Waals surface area contributed by atoms with Crippen molar-refractivity contribution in [2.75, 3.05) is 5.73 Å². The van der Waals surface area contributed by atoms with Gasteiger partial charge in [-0.05, 0) is 12.1 Å². The first kappa shape index (κ1) is 9.37. The maximum Gasteiger partial charge on any atom is 1.00 e. The van der Waals surface area contributed by atoms with Gasteiger partial charge in [0.1, 0.15) is 0 Å². The minimum absolute atomic E-state index is 0. The van der Waals surface area contributed by atoms with E-state index in [2.05, 4.69) is 12.6 Å². The van der Waals surface area contributed by atoms with E-state index in [1.165, 1.54) is 0 Å². The number of hydrogen-bond acceptors (Lipinski definition) is 2. The summed E-state index contributed by atoms with van der Waals surface area (Å²) in [5.74, 6) is 0. The molecular weight excluding hydrogens is 141 g/mol. The van der Waals surface area contributed by atoms with Crippen LogP contribution in [0.15, 0.2) is 29.2 Å². The predicted octanol–water partition coefficient (Wildman–Crippen LogP) is -1.44. The number of para-hydroxylation sites is 1. The molecule has 0 aliphatic rings. The molecule has 0 saturated carbocycles. The second-order valence-corrected chi connectivity index (χ2v) is 2.04. The van der Waals surface area contributed by atoms with Crippen LogP contribution in [-0.2, 0) is 0 Å². The average molecular weight is 148 g/mol. The van der Waals surface area contributed by atoms with E-state index in [9.17, 15) is 0 Å². The minimum Gasteiger partial charge on any atom is -0.398 e. The predicted molar refractivity (Wildman–Crippen MR) is 38.1 cm³/mol. The van der Waals surface area contributed by atoms with Crippen LogP contribution in [0.4, 0.5) is 5.69 Å². The Labute approximate surface area is 82.3 Å². The van der Waals surface area contributed by atoms with Gasteiger partial charge >= 0.3 is 29.6 Å². The summed E-state index contributed by atoms with van der Waals surface area (Å²) in [6, 6.07) is 7.47. The second-order valence-electron chi connectivity index (χ2n) is 1.56. The minimum atomic E-state index is 0. The summed E-state index contributed by atoms with van der Waals surface area (Å²) in [7, 11) is 0. The van der Waals surface area contributed by atoms with Crippen LogP contribution in [0.5, 0.6) is 0 Å². The first-order valence-corrected chi connectivity index (χ1v) is 2.79. The summed E-state index contributed by atoms with van der Waals surface area (Å²) in [6.07, 6.45) is 0. The molecule has 0 fully saturated rings. The smallest absolute Gasteiger partial charge is 0.398 e. The first-order chi connectivity index (χ1) is 3.80. The van der Waals surface area contributed by atoms with Crippen molar-refractivity contribution in [1.29, 1.82) is 0 Å². The van der Waals surface area contributed by atoms with Crippen LogP contribution >= 0.6 is 12.6 Å². The Kier molecular flexibility index (Phi) is 4.40. The van der Waals surface area contributed by atoms with E-state index in [4.69, 9.17) is 5.73 Å². The fraction of sp³-hybridized carbons (Fsp3) is 0. The number of anilines is 1. The number of nitrogen functional groups attached to an aromatic ring is 1. The molecule has 0 spiro atoms. The molecule has 0 aromatic heterocycles. The molecule has 1 aromatic carbocycles. The van der Waals surface area contributed by atoms with E-state index < -0.39 is 0 Å². The standard InChI is InChI=1S/C6H7NS.Na/c7-5-3-1-2-4-6(5)8;/h1-4,8H,7H2;/q;+1. The largest absolute Gasteiger partial charge is 1.00 e. The topological polar surface area (TPSA) is 26.0 Å². The molecule has 0 heterocycles. The van der Waals surface area contributed by atoms with Gasteiger partial charge in [0.15, 0.2) is 0 Å². The van der Waals surface area contributed by atoms with Crippen molar-refractivity contribution < 1.29 is 29.6 Å². The van der Waals surface area contributed by atoms with Crippen LogP contribution < -0.4 is 35.3 Å². The number of thiol groups is 1. The van der Waals surface area contributed by atoms with Gasteiger partial charge in [-0.1, -0.05) is 12.1 Å². The summed E-state index contributed by atoms with van der Waals surface area (Å²) in [4.78, 5) is 0.840. The average Bonchev–Trinajstić information content (AvgIpc) is 1.77. The normalized spacial score (nSPS) is 8.11. The molecule has 1 rings (SSSR count). The molecule has 0 saturated heterocycles. The molecule has 3 heteroatoms. The molecule has 0 aliphatic heterocycles. The third kappa shape index (κ3) is 2.63. The molecule has 0 atom stereocenters. The van der Waals surface area contributed by atoms with Crippen LogP contribution in [0.3, 0.4) is 0 Å². The van der Waals surface area contributed by atoms with Crippen molar-refractivity contribution >= 4 is 18.3 Å². The Morgan fingerprint density at radius 2 is 1.78 bits per heavy atom. The third-order valence-corrected chi connectivity index (χ3v) is 1.34. The van der Waals surface area contributed by atoms with Gasteiger partial charge in [0.05, 0.1) is 0 Å². The van der Waals surface area contributed by atoms with Crippen molar-refractivity contribution in [1.82, 2.24) is 0 Å².